The van der Waals surface area contributed by atoms with Crippen molar-refractivity contribution in [2.45, 2.75) is 39.0 Å². The van der Waals surface area contributed by atoms with Gasteiger partial charge in [0.15, 0.2) is 15.6 Å². The lowest BCUT2D eigenvalue weighted by atomic mass is 9.75. The van der Waals surface area contributed by atoms with E-state index in [4.69, 9.17) is 0 Å². The quantitative estimate of drug-likeness (QED) is 0.826. The number of ketones is 1. The first-order valence-corrected chi connectivity index (χ1v) is 10.6. The van der Waals surface area contributed by atoms with Crippen LogP contribution in [0.3, 0.4) is 0 Å². The minimum Gasteiger partial charge on any atom is -0.307 e. The maximum absolute atomic E-state index is 12.4. The van der Waals surface area contributed by atoms with Crippen LogP contribution >= 0.6 is 0 Å². The summed E-state index contributed by atoms with van der Waals surface area (Å²) in [5, 5.41) is 0. The molecule has 0 N–H and O–H groups in total. The summed E-state index contributed by atoms with van der Waals surface area (Å²) >= 11 is 0. The number of nitrogens with zero attached hydrogens (tertiary/aromatic N) is 1. The first kappa shape index (κ1) is 18.6. The molecule has 0 radical (unpaired) electrons. The molecule has 0 saturated carbocycles. The van der Waals surface area contributed by atoms with Gasteiger partial charge in [0.25, 0.3) is 5.56 Å². The lowest BCUT2D eigenvalue weighted by molar-refractivity contribution is 0.0907. The number of carbonyl (C=O) groups excluding carboxylic acids is 1. The van der Waals surface area contributed by atoms with Crippen LogP contribution in [0.4, 0.5) is 0 Å². The van der Waals surface area contributed by atoms with Crippen LogP contribution in [-0.2, 0) is 28.6 Å². The molecule has 0 fully saturated rings. The van der Waals surface area contributed by atoms with E-state index in [-0.39, 0.29) is 22.5 Å². The second kappa shape index (κ2) is 6.50. The molecular weight excluding hydrogens is 350 g/mol. The van der Waals surface area contributed by atoms with Crippen molar-refractivity contribution in [3.05, 3.63) is 69.1 Å². The zero-order valence-electron chi connectivity index (χ0n) is 15.3. The number of aromatic nitrogens is 1. The number of benzene rings is 1. The molecule has 138 valence electrons. The molecule has 1 aliphatic rings. The Bertz CT molecular complexity index is 1010. The molecule has 1 heterocycles. The van der Waals surface area contributed by atoms with Gasteiger partial charge in [-0.1, -0.05) is 38.1 Å². The minimum atomic E-state index is -3.08. The van der Waals surface area contributed by atoms with Crippen LogP contribution in [0, 0.1) is 5.41 Å². The molecular formula is C20H23NO4S. The standard InChI is InChI=1S/C20H23NO4S/c1-20(2)10-17-16(18(22)11-20)8-9-19(23)21(17)12-14-4-6-15(7-5-14)13-26(3,24)25/h4-9H,10-13H2,1-3H3. The molecule has 1 aliphatic carbocycles. The maximum atomic E-state index is 12.4. The molecule has 0 spiro atoms. The van der Waals surface area contributed by atoms with Crippen LogP contribution in [0.5, 0.6) is 0 Å². The van der Waals surface area contributed by atoms with E-state index in [0.717, 1.165) is 16.8 Å². The molecule has 0 aliphatic heterocycles. The van der Waals surface area contributed by atoms with Gasteiger partial charge in [0, 0.05) is 30.0 Å². The molecule has 6 heteroatoms. The monoisotopic (exact) mass is 373 g/mol. The van der Waals surface area contributed by atoms with E-state index in [1.54, 1.807) is 22.8 Å². The molecule has 3 rings (SSSR count). The van der Waals surface area contributed by atoms with Gasteiger partial charge in [-0.25, -0.2) is 8.42 Å². The average Bonchev–Trinajstić information content (AvgIpc) is 2.49. The Morgan fingerprint density at radius 2 is 1.58 bits per heavy atom. The molecule has 1 aromatic heterocycles. The van der Waals surface area contributed by atoms with E-state index in [9.17, 15) is 18.0 Å². The fourth-order valence-electron chi connectivity index (χ4n) is 3.51. The van der Waals surface area contributed by atoms with Gasteiger partial charge in [0.05, 0.1) is 12.3 Å². The van der Waals surface area contributed by atoms with Crippen molar-refractivity contribution in [1.82, 2.24) is 4.57 Å². The van der Waals surface area contributed by atoms with Crippen molar-refractivity contribution in [1.29, 1.82) is 0 Å². The van der Waals surface area contributed by atoms with Crippen LogP contribution in [0.1, 0.15) is 47.4 Å². The predicted octanol–water partition coefficient (Wildman–Crippen LogP) is 2.60. The number of rotatable bonds is 4. The van der Waals surface area contributed by atoms with Gasteiger partial charge in [-0.15, -0.1) is 0 Å². The minimum absolute atomic E-state index is 0.00332. The SMILES string of the molecule is CC1(C)CC(=O)c2ccc(=O)n(Cc3ccc(CS(C)(=O)=O)cc3)c2C1. The van der Waals surface area contributed by atoms with E-state index in [0.29, 0.717) is 24.9 Å². The lowest BCUT2D eigenvalue weighted by Crippen LogP contribution is -2.34. The summed E-state index contributed by atoms with van der Waals surface area (Å²) in [5.41, 5.74) is 2.74. The molecule has 0 bridgehead atoms. The Kier molecular flexibility index (Phi) is 4.65. The number of sulfone groups is 1. The highest BCUT2D eigenvalue weighted by Gasteiger charge is 2.32. The van der Waals surface area contributed by atoms with E-state index >= 15 is 0 Å². The van der Waals surface area contributed by atoms with E-state index in [2.05, 4.69) is 0 Å². The van der Waals surface area contributed by atoms with Crippen LogP contribution in [-0.4, -0.2) is 25.0 Å². The van der Waals surface area contributed by atoms with E-state index in [1.807, 2.05) is 26.0 Å². The highest BCUT2D eigenvalue weighted by atomic mass is 32.2. The Morgan fingerprint density at radius 1 is 0.962 bits per heavy atom. The zero-order chi connectivity index (χ0) is 19.1. The fraction of sp³-hybridized carbons (Fsp3) is 0.400. The van der Waals surface area contributed by atoms with Crippen molar-refractivity contribution >= 4 is 15.6 Å². The van der Waals surface area contributed by atoms with Gasteiger partial charge in [0.1, 0.15) is 0 Å². The zero-order valence-corrected chi connectivity index (χ0v) is 16.1. The second-order valence-corrected chi connectivity index (χ2v) is 10.1. The van der Waals surface area contributed by atoms with Crippen LogP contribution < -0.4 is 5.56 Å². The normalized spacial score (nSPS) is 16.3. The third kappa shape index (κ3) is 4.12. The topological polar surface area (TPSA) is 73.2 Å². The molecule has 0 amide bonds. The van der Waals surface area contributed by atoms with Gasteiger partial charge in [-0.3, -0.25) is 9.59 Å². The van der Waals surface area contributed by atoms with Crippen LogP contribution in [0.25, 0.3) is 0 Å². The summed E-state index contributed by atoms with van der Waals surface area (Å²) in [7, 11) is -3.08. The summed E-state index contributed by atoms with van der Waals surface area (Å²) in [5.74, 6) is 0.0740. The first-order valence-electron chi connectivity index (χ1n) is 8.56. The summed E-state index contributed by atoms with van der Waals surface area (Å²) in [6.45, 7) is 4.44. The molecule has 0 saturated heterocycles. The van der Waals surface area contributed by atoms with Gasteiger partial charge >= 0.3 is 0 Å². The third-order valence-electron chi connectivity index (χ3n) is 4.67. The van der Waals surface area contributed by atoms with E-state index in [1.165, 1.54) is 12.3 Å². The number of hydrogen-bond acceptors (Lipinski definition) is 4. The molecule has 0 unspecified atom stereocenters. The number of carbonyl (C=O) groups is 1. The molecule has 5 nitrogen and oxygen atoms in total. The Morgan fingerprint density at radius 3 is 2.19 bits per heavy atom. The molecule has 0 atom stereocenters. The Balaban J connectivity index is 1.95. The van der Waals surface area contributed by atoms with Crippen molar-refractivity contribution in [2.24, 2.45) is 5.41 Å². The smallest absolute Gasteiger partial charge is 0.251 e. The predicted molar refractivity (Wildman–Crippen MR) is 101 cm³/mol. The Labute approximate surface area is 153 Å². The summed E-state index contributed by atoms with van der Waals surface area (Å²) in [6, 6.07) is 10.3. The first-order chi connectivity index (χ1) is 12.0. The van der Waals surface area contributed by atoms with Gasteiger partial charge in [-0.2, -0.15) is 0 Å². The number of fused-ring (bicyclic) bond motifs is 1. The number of pyridine rings is 1. The molecule has 1 aromatic carbocycles. The maximum Gasteiger partial charge on any atom is 0.251 e. The van der Waals surface area contributed by atoms with Gasteiger partial charge in [0.2, 0.25) is 0 Å². The largest absolute Gasteiger partial charge is 0.307 e. The van der Waals surface area contributed by atoms with Gasteiger partial charge < -0.3 is 4.57 Å². The highest BCUT2D eigenvalue weighted by molar-refractivity contribution is 7.89. The second-order valence-electron chi connectivity index (χ2n) is 7.95. The third-order valence-corrected chi connectivity index (χ3v) is 5.53. The van der Waals surface area contributed by atoms with Crippen molar-refractivity contribution in [3.8, 4) is 0 Å². The van der Waals surface area contributed by atoms with Crippen LogP contribution in [0.2, 0.25) is 0 Å². The summed E-state index contributed by atoms with van der Waals surface area (Å²) in [4.78, 5) is 24.9. The highest BCUT2D eigenvalue weighted by Crippen LogP contribution is 2.34. The lowest BCUT2D eigenvalue weighted by Gasteiger charge is -2.31. The summed E-state index contributed by atoms with van der Waals surface area (Å²) < 4.78 is 24.5. The molecule has 26 heavy (non-hydrogen) atoms. The van der Waals surface area contributed by atoms with E-state index < -0.39 is 9.84 Å². The Hall–Kier alpha value is -2.21. The van der Waals surface area contributed by atoms with Crippen LogP contribution in [0.15, 0.2) is 41.2 Å². The van der Waals surface area contributed by atoms with Crippen molar-refractivity contribution in [2.75, 3.05) is 6.26 Å². The molecule has 2 aromatic rings. The van der Waals surface area contributed by atoms with Crippen molar-refractivity contribution in [3.63, 3.8) is 0 Å². The average molecular weight is 373 g/mol. The fourth-order valence-corrected chi connectivity index (χ4v) is 4.31. The number of hydrogen-bond donors (Lipinski definition) is 0. The summed E-state index contributed by atoms with van der Waals surface area (Å²) in [6.07, 6.45) is 2.37. The number of Topliss-reactive ketones (excluding diaryl/α,β-unsaturated/α-hetero) is 1. The van der Waals surface area contributed by atoms with Crippen molar-refractivity contribution < 1.29 is 13.2 Å². The van der Waals surface area contributed by atoms with Gasteiger partial charge in [-0.05, 0) is 29.0 Å².